The molecule has 0 fully saturated rings. The summed E-state index contributed by atoms with van der Waals surface area (Å²) in [5.41, 5.74) is -0.0215. The maximum Gasteiger partial charge on any atom is 0.356 e. The fraction of sp³-hybridized carbons (Fsp3) is 0.444. The van der Waals surface area contributed by atoms with Gasteiger partial charge in [-0.25, -0.2) is 9.78 Å². The van der Waals surface area contributed by atoms with Crippen molar-refractivity contribution < 1.29 is 14.6 Å². The van der Waals surface area contributed by atoms with Crippen LogP contribution in [0.15, 0.2) is 17.4 Å². The number of ether oxygens (including phenoxy) is 1. The summed E-state index contributed by atoms with van der Waals surface area (Å²) in [5, 5.41) is 9.32. The average molecular weight is 228 g/mol. The number of methoxy groups -OCH3 is 1. The van der Waals surface area contributed by atoms with Crippen molar-refractivity contribution in [2.45, 2.75) is 11.4 Å². The summed E-state index contributed by atoms with van der Waals surface area (Å²) in [6, 6.07) is 0. The van der Waals surface area contributed by atoms with Crippen LogP contribution in [0.25, 0.3) is 0 Å². The Morgan fingerprint density at radius 2 is 2.40 bits per heavy atom. The van der Waals surface area contributed by atoms with Gasteiger partial charge < -0.3 is 9.84 Å². The SMILES string of the molecule is COCCCSc1cncc(C(=O)O)n1. The highest BCUT2D eigenvalue weighted by Gasteiger charge is 2.05. The van der Waals surface area contributed by atoms with Crippen LogP contribution in [-0.2, 0) is 4.74 Å². The molecule has 0 bridgehead atoms. The summed E-state index contributed by atoms with van der Waals surface area (Å²) < 4.78 is 4.90. The van der Waals surface area contributed by atoms with Gasteiger partial charge in [-0.1, -0.05) is 0 Å². The molecule has 1 rings (SSSR count). The minimum absolute atomic E-state index is 0.0215. The second-order valence-electron chi connectivity index (χ2n) is 2.74. The van der Waals surface area contributed by atoms with E-state index >= 15 is 0 Å². The standard InChI is InChI=1S/C9H12N2O3S/c1-14-3-2-4-15-8-6-10-5-7(11-8)9(12)13/h5-6H,2-4H2,1H3,(H,12,13). The Morgan fingerprint density at radius 3 is 3.07 bits per heavy atom. The number of aromatic carboxylic acids is 1. The first-order valence-electron chi connectivity index (χ1n) is 4.41. The molecule has 0 aliphatic heterocycles. The van der Waals surface area contributed by atoms with Crippen LogP contribution in [0.5, 0.6) is 0 Å². The van der Waals surface area contributed by atoms with E-state index in [0.717, 1.165) is 12.2 Å². The van der Waals surface area contributed by atoms with Crippen LogP contribution in [0.3, 0.4) is 0 Å². The van der Waals surface area contributed by atoms with Crippen molar-refractivity contribution in [1.82, 2.24) is 9.97 Å². The van der Waals surface area contributed by atoms with Gasteiger partial charge in [0, 0.05) is 19.5 Å². The van der Waals surface area contributed by atoms with Crippen molar-refractivity contribution in [2.75, 3.05) is 19.5 Å². The van der Waals surface area contributed by atoms with E-state index in [1.54, 1.807) is 13.3 Å². The molecule has 5 nitrogen and oxygen atoms in total. The molecule has 0 aliphatic carbocycles. The first-order chi connectivity index (χ1) is 7.24. The molecule has 0 amide bonds. The largest absolute Gasteiger partial charge is 0.476 e. The minimum atomic E-state index is -1.05. The third-order valence-electron chi connectivity index (χ3n) is 1.57. The molecule has 1 aromatic rings. The van der Waals surface area contributed by atoms with E-state index in [1.807, 2.05) is 0 Å². The molecule has 1 heterocycles. The quantitative estimate of drug-likeness (QED) is 0.584. The fourth-order valence-electron chi connectivity index (χ4n) is 0.901. The molecule has 0 atom stereocenters. The molecule has 82 valence electrons. The first kappa shape index (κ1) is 11.9. The molecule has 0 spiro atoms. The van der Waals surface area contributed by atoms with Crippen molar-refractivity contribution in [3.8, 4) is 0 Å². The number of carboxylic acids is 1. The van der Waals surface area contributed by atoms with E-state index in [1.165, 1.54) is 18.0 Å². The number of rotatable bonds is 6. The van der Waals surface area contributed by atoms with Crippen LogP contribution in [0.2, 0.25) is 0 Å². The number of thioether (sulfide) groups is 1. The van der Waals surface area contributed by atoms with Crippen LogP contribution in [0.4, 0.5) is 0 Å². The Kier molecular flexibility index (Phi) is 5.06. The molecule has 0 radical (unpaired) electrons. The third kappa shape index (κ3) is 4.26. The van der Waals surface area contributed by atoms with Crippen LogP contribution < -0.4 is 0 Å². The van der Waals surface area contributed by atoms with Gasteiger partial charge in [0.05, 0.1) is 12.4 Å². The molecule has 6 heteroatoms. The lowest BCUT2D eigenvalue weighted by molar-refractivity contribution is 0.0689. The van der Waals surface area contributed by atoms with E-state index in [0.29, 0.717) is 11.6 Å². The monoisotopic (exact) mass is 228 g/mol. The van der Waals surface area contributed by atoms with Gasteiger partial charge >= 0.3 is 5.97 Å². The molecule has 1 aromatic heterocycles. The summed E-state index contributed by atoms with van der Waals surface area (Å²) in [6.07, 6.45) is 3.70. The van der Waals surface area contributed by atoms with Gasteiger partial charge in [-0.15, -0.1) is 11.8 Å². The van der Waals surface area contributed by atoms with Gasteiger partial charge in [-0.2, -0.15) is 0 Å². The van der Waals surface area contributed by atoms with Gasteiger partial charge in [0.1, 0.15) is 5.03 Å². The predicted molar refractivity (Wildman–Crippen MR) is 56.2 cm³/mol. The highest BCUT2D eigenvalue weighted by molar-refractivity contribution is 7.99. The van der Waals surface area contributed by atoms with Crippen molar-refractivity contribution in [1.29, 1.82) is 0 Å². The lowest BCUT2D eigenvalue weighted by Crippen LogP contribution is -2.01. The van der Waals surface area contributed by atoms with Gasteiger partial charge in [0.15, 0.2) is 5.69 Å². The van der Waals surface area contributed by atoms with E-state index < -0.39 is 5.97 Å². The normalized spacial score (nSPS) is 10.2. The highest BCUT2D eigenvalue weighted by atomic mass is 32.2. The van der Waals surface area contributed by atoms with Crippen LogP contribution in [0.1, 0.15) is 16.9 Å². The summed E-state index contributed by atoms with van der Waals surface area (Å²) in [4.78, 5) is 18.3. The van der Waals surface area contributed by atoms with Crippen molar-refractivity contribution >= 4 is 17.7 Å². The lowest BCUT2D eigenvalue weighted by Gasteiger charge is -2.00. The third-order valence-corrected chi connectivity index (χ3v) is 2.56. The fourth-order valence-corrected chi connectivity index (χ4v) is 1.67. The summed E-state index contributed by atoms with van der Waals surface area (Å²) in [7, 11) is 1.65. The molecular weight excluding hydrogens is 216 g/mol. The summed E-state index contributed by atoms with van der Waals surface area (Å²) in [5.74, 6) is -0.215. The Hall–Kier alpha value is -1.14. The Balaban J connectivity index is 2.47. The maximum absolute atomic E-state index is 10.6. The van der Waals surface area contributed by atoms with E-state index in [9.17, 15) is 4.79 Å². The zero-order valence-corrected chi connectivity index (χ0v) is 9.16. The molecule has 1 N–H and O–H groups in total. The van der Waals surface area contributed by atoms with Crippen LogP contribution >= 0.6 is 11.8 Å². The number of carboxylic acid groups (broad SMARTS) is 1. The second-order valence-corrected chi connectivity index (χ2v) is 3.86. The van der Waals surface area contributed by atoms with Crippen molar-refractivity contribution in [2.24, 2.45) is 0 Å². The number of aromatic nitrogens is 2. The van der Waals surface area contributed by atoms with Crippen LogP contribution in [-0.4, -0.2) is 40.5 Å². The molecule has 0 aliphatic rings. The number of hydrogen-bond acceptors (Lipinski definition) is 5. The highest BCUT2D eigenvalue weighted by Crippen LogP contribution is 2.15. The number of nitrogens with zero attached hydrogens (tertiary/aromatic N) is 2. The van der Waals surface area contributed by atoms with Crippen molar-refractivity contribution in [3.05, 3.63) is 18.1 Å². The maximum atomic E-state index is 10.6. The van der Waals surface area contributed by atoms with Gasteiger partial charge in [-0.05, 0) is 6.42 Å². The Labute approximate surface area is 91.9 Å². The number of carbonyl (C=O) groups is 1. The molecule has 0 aromatic carbocycles. The molecule has 0 saturated heterocycles. The van der Waals surface area contributed by atoms with Gasteiger partial charge in [-0.3, -0.25) is 4.98 Å². The number of hydrogen-bond donors (Lipinski definition) is 1. The van der Waals surface area contributed by atoms with E-state index in [4.69, 9.17) is 9.84 Å². The second kappa shape index (κ2) is 6.36. The average Bonchev–Trinajstić information content (AvgIpc) is 2.25. The molecule has 0 unspecified atom stereocenters. The first-order valence-corrected chi connectivity index (χ1v) is 5.39. The van der Waals surface area contributed by atoms with E-state index in [2.05, 4.69) is 9.97 Å². The van der Waals surface area contributed by atoms with Gasteiger partial charge in [0.2, 0.25) is 0 Å². The zero-order chi connectivity index (χ0) is 11.1. The smallest absolute Gasteiger partial charge is 0.356 e. The minimum Gasteiger partial charge on any atom is -0.476 e. The van der Waals surface area contributed by atoms with Gasteiger partial charge in [0.25, 0.3) is 0 Å². The molecule has 0 saturated carbocycles. The van der Waals surface area contributed by atoms with Crippen LogP contribution in [0, 0.1) is 0 Å². The zero-order valence-electron chi connectivity index (χ0n) is 8.34. The lowest BCUT2D eigenvalue weighted by atomic mass is 10.5. The topological polar surface area (TPSA) is 72.3 Å². The van der Waals surface area contributed by atoms with Crippen molar-refractivity contribution in [3.63, 3.8) is 0 Å². The summed E-state index contributed by atoms with van der Waals surface area (Å²) in [6.45, 7) is 0.694. The Morgan fingerprint density at radius 1 is 1.60 bits per heavy atom. The van der Waals surface area contributed by atoms with E-state index in [-0.39, 0.29) is 5.69 Å². The molecule has 15 heavy (non-hydrogen) atoms. The molecular formula is C9H12N2O3S. The summed E-state index contributed by atoms with van der Waals surface area (Å²) >= 11 is 1.47. The predicted octanol–water partition coefficient (Wildman–Crippen LogP) is 1.30. The Bertz CT molecular complexity index is 333.